The van der Waals surface area contributed by atoms with Crippen LogP contribution in [0.5, 0.6) is 17.2 Å². The summed E-state index contributed by atoms with van der Waals surface area (Å²) in [7, 11) is 0. The van der Waals surface area contributed by atoms with Gasteiger partial charge in [0.15, 0.2) is 24.2 Å². The van der Waals surface area contributed by atoms with Gasteiger partial charge in [-0.2, -0.15) is 0 Å². The molecule has 3 rings (SSSR count). The molecule has 0 radical (unpaired) electrons. The lowest BCUT2D eigenvalue weighted by Crippen LogP contribution is -2.45. The highest BCUT2D eigenvalue weighted by atomic mass is 16.6. The van der Waals surface area contributed by atoms with Crippen molar-refractivity contribution in [3.05, 3.63) is 54.1 Å². The number of likely N-dealkylation sites (N-methyl/N-ethyl adjacent to an activating group) is 1. The first-order valence-corrected chi connectivity index (χ1v) is 8.75. The molecule has 0 aliphatic carbocycles. The minimum atomic E-state index is -0.508. The summed E-state index contributed by atoms with van der Waals surface area (Å²) < 4.78 is 17.1. The van der Waals surface area contributed by atoms with E-state index < -0.39 is 5.91 Å². The molecule has 1 atom stereocenters. The summed E-state index contributed by atoms with van der Waals surface area (Å²) in [6, 6.07) is 13.8. The molecule has 2 N–H and O–H groups in total. The Kier molecular flexibility index (Phi) is 5.80. The van der Waals surface area contributed by atoms with E-state index in [4.69, 9.17) is 19.9 Å². The standard InChI is InChI=1S/C20H22N2O5/c1-2-22(11-16-12-26-17-5-3-4-6-18(17)27-16)19(23)13-25-15-9-7-14(8-10-15)20(21)24/h3-10,16H,2,11-13H2,1H3,(H2,21,24)/t16-/m0/s1. The molecule has 1 aliphatic heterocycles. The van der Waals surface area contributed by atoms with Gasteiger partial charge in [-0.05, 0) is 43.3 Å². The van der Waals surface area contributed by atoms with Gasteiger partial charge in [-0.1, -0.05) is 12.1 Å². The lowest BCUT2D eigenvalue weighted by Gasteiger charge is -2.30. The van der Waals surface area contributed by atoms with Crippen LogP contribution < -0.4 is 19.9 Å². The van der Waals surface area contributed by atoms with Crippen molar-refractivity contribution in [2.45, 2.75) is 13.0 Å². The first kappa shape index (κ1) is 18.6. The average Bonchev–Trinajstić information content (AvgIpc) is 2.70. The second kappa shape index (κ2) is 8.44. The third-order valence-electron chi connectivity index (χ3n) is 4.23. The number of hydrogen-bond acceptors (Lipinski definition) is 5. The lowest BCUT2D eigenvalue weighted by molar-refractivity contribution is -0.134. The van der Waals surface area contributed by atoms with Gasteiger partial charge in [-0.25, -0.2) is 0 Å². The zero-order valence-corrected chi connectivity index (χ0v) is 15.1. The number of carbonyl (C=O) groups excluding carboxylic acids is 2. The van der Waals surface area contributed by atoms with Crippen LogP contribution >= 0.6 is 0 Å². The number of amides is 2. The van der Waals surface area contributed by atoms with E-state index in [1.807, 2.05) is 31.2 Å². The molecule has 0 saturated heterocycles. The average molecular weight is 370 g/mol. The number of ether oxygens (including phenoxy) is 3. The zero-order chi connectivity index (χ0) is 19.2. The Hall–Kier alpha value is -3.22. The van der Waals surface area contributed by atoms with Crippen LogP contribution in [-0.4, -0.2) is 49.1 Å². The Morgan fingerprint density at radius 2 is 1.85 bits per heavy atom. The quantitative estimate of drug-likeness (QED) is 0.803. The van der Waals surface area contributed by atoms with Crippen molar-refractivity contribution < 1.29 is 23.8 Å². The van der Waals surface area contributed by atoms with E-state index in [0.717, 1.165) is 0 Å². The summed E-state index contributed by atoms with van der Waals surface area (Å²) in [5.41, 5.74) is 5.59. The SMILES string of the molecule is CCN(C[C@H]1COc2ccccc2O1)C(=O)COc1ccc(C(N)=O)cc1. The Labute approximate surface area is 157 Å². The van der Waals surface area contributed by atoms with Gasteiger partial charge < -0.3 is 24.8 Å². The predicted molar refractivity (Wildman–Crippen MR) is 99.1 cm³/mol. The number of carbonyl (C=O) groups is 2. The van der Waals surface area contributed by atoms with E-state index in [-0.39, 0.29) is 18.6 Å². The highest BCUT2D eigenvalue weighted by molar-refractivity contribution is 5.92. The van der Waals surface area contributed by atoms with Gasteiger partial charge in [0.25, 0.3) is 5.91 Å². The van der Waals surface area contributed by atoms with Gasteiger partial charge >= 0.3 is 0 Å². The van der Waals surface area contributed by atoms with Crippen molar-refractivity contribution >= 4 is 11.8 Å². The molecule has 27 heavy (non-hydrogen) atoms. The summed E-state index contributed by atoms with van der Waals surface area (Å²) in [6.07, 6.45) is -0.237. The largest absolute Gasteiger partial charge is 0.486 e. The summed E-state index contributed by atoms with van der Waals surface area (Å²) >= 11 is 0. The number of nitrogens with two attached hydrogens (primary N) is 1. The van der Waals surface area contributed by atoms with E-state index in [0.29, 0.717) is 42.5 Å². The van der Waals surface area contributed by atoms with Crippen molar-refractivity contribution in [3.8, 4) is 17.2 Å². The number of para-hydroxylation sites is 2. The molecule has 1 heterocycles. The second-order valence-corrected chi connectivity index (χ2v) is 6.11. The summed E-state index contributed by atoms with van der Waals surface area (Å²) in [5, 5.41) is 0. The maximum Gasteiger partial charge on any atom is 0.260 e. The van der Waals surface area contributed by atoms with Gasteiger partial charge in [0.05, 0.1) is 6.54 Å². The van der Waals surface area contributed by atoms with Crippen LogP contribution in [-0.2, 0) is 4.79 Å². The molecule has 7 nitrogen and oxygen atoms in total. The fraction of sp³-hybridized carbons (Fsp3) is 0.300. The Morgan fingerprint density at radius 1 is 1.15 bits per heavy atom. The molecule has 0 bridgehead atoms. The highest BCUT2D eigenvalue weighted by Crippen LogP contribution is 2.31. The molecule has 142 valence electrons. The number of rotatable bonds is 7. The lowest BCUT2D eigenvalue weighted by atomic mass is 10.2. The first-order chi connectivity index (χ1) is 13.1. The Balaban J connectivity index is 1.53. The molecular formula is C20H22N2O5. The van der Waals surface area contributed by atoms with Crippen LogP contribution in [0.15, 0.2) is 48.5 Å². The Bertz CT molecular complexity index is 806. The fourth-order valence-electron chi connectivity index (χ4n) is 2.76. The summed E-state index contributed by atoms with van der Waals surface area (Å²) in [4.78, 5) is 25.2. The Morgan fingerprint density at radius 3 is 2.52 bits per heavy atom. The number of primary amides is 1. The minimum absolute atomic E-state index is 0.103. The predicted octanol–water partition coefficient (Wildman–Crippen LogP) is 1.85. The molecule has 0 spiro atoms. The fourth-order valence-corrected chi connectivity index (χ4v) is 2.76. The van der Waals surface area contributed by atoms with Gasteiger partial charge in [-0.15, -0.1) is 0 Å². The number of benzene rings is 2. The van der Waals surface area contributed by atoms with Gasteiger partial charge in [0.1, 0.15) is 12.4 Å². The van der Waals surface area contributed by atoms with Gasteiger partial charge in [0, 0.05) is 12.1 Å². The van der Waals surface area contributed by atoms with Crippen LogP contribution in [0.2, 0.25) is 0 Å². The summed E-state index contributed by atoms with van der Waals surface area (Å²) in [6.45, 7) is 3.12. The molecule has 2 aromatic rings. The first-order valence-electron chi connectivity index (χ1n) is 8.75. The molecule has 7 heteroatoms. The van der Waals surface area contributed by atoms with Gasteiger partial charge in [0.2, 0.25) is 5.91 Å². The van der Waals surface area contributed by atoms with Crippen molar-refractivity contribution in [2.75, 3.05) is 26.3 Å². The van der Waals surface area contributed by atoms with Crippen molar-refractivity contribution in [3.63, 3.8) is 0 Å². The topological polar surface area (TPSA) is 91.1 Å². The maximum atomic E-state index is 12.5. The number of hydrogen-bond donors (Lipinski definition) is 1. The smallest absolute Gasteiger partial charge is 0.260 e. The third kappa shape index (κ3) is 4.69. The molecule has 0 unspecified atom stereocenters. The molecule has 0 aromatic heterocycles. The van der Waals surface area contributed by atoms with Crippen LogP contribution in [0.4, 0.5) is 0 Å². The third-order valence-corrected chi connectivity index (χ3v) is 4.23. The molecule has 2 amide bonds. The van der Waals surface area contributed by atoms with E-state index in [1.54, 1.807) is 29.2 Å². The summed E-state index contributed by atoms with van der Waals surface area (Å²) in [5.74, 6) is 1.23. The van der Waals surface area contributed by atoms with E-state index >= 15 is 0 Å². The van der Waals surface area contributed by atoms with Crippen molar-refractivity contribution in [1.82, 2.24) is 4.90 Å². The van der Waals surface area contributed by atoms with Crippen LogP contribution in [0.25, 0.3) is 0 Å². The van der Waals surface area contributed by atoms with Crippen molar-refractivity contribution in [1.29, 1.82) is 0 Å². The van der Waals surface area contributed by atoms with Crippen LogP contribution in [0.3, 0.4) is 0 Å². The molecular weight excluding hydrogens is 348 g/mol. The minimum Gasteiger partial charge on any atom is -0.486 e. The van der Waals surface area contributed by atoms with E-state index in [2.05, 4.69) is 0 Å². The number of fused-ring (bicyclic) bond motifs is 1. The zero-order valence-electron chi connectivity index (χ0n) is 15.1. The molecule has 2 aromatic carbocycles. The molecule has 0 saturated carbocycles. The maximum absolute atomic E-state index is 12.5. The van der Waals surface area contributed by atoms with E-state index in [9.17, 15) is 9.59 Å². The van der Waals surface area contributed by atoms with Crippen LogP contribution in [0.1, 0.15) is 17.3 Å². The monoisotopic (exact) mass is 370 g/mol. The van der Waals surface area contributed by atoms with Crippen molar-refractivity contribution in [2.24, 2.45) is 5.73 Å². The number of nitrogens with zero attached hydrogens (tertiary/aromatic N) is 1. The van der Waals surface area contributed by atoms with Gasteiger partial charge in [-0.3, -0.25) is 9.59 Å². The highest BCUT2D eigenvalue weighted by Gasteiger charge is 2.24. The van der Waals surface area contributed by atoms with E-state index in [1.165, 1.54) is 0 Å². The normalized spacial score (nSPS) is 15.1. The second-order valence-electron chi connectivity index (χ2n) is 6.11. The molecule has 0 fully saturated rings. The van der Waals surface area contributed by atoms with Crippen LogP contribution in [0, 0.1) is 0 Å². The molecule has 1 aliphatic rings.